The monoisotopic (exact) mass is 158 g/mol. The first-order valence-electron chi connectivity index (χ1n) is 4.33. The SMILES string of the molecule is COC1CC[C@@H](C)C(OC)C1. The minimum absolute atomic E-state index is 0.411. The normalized spacial score (nSPS) is 39.0. The Morgan fingerprint density at radius 2 is 1.82 bits per heavy atom. The van der Waals surface area contributed by atoms with Crippen LogP contribution in [0.4, 0.5) is 0 Å². The van der Waals surface area contributed by atoms with Gasteiger partial charge in [-0.15, -0.1) is 0 Å². The van der Waals surface area contributed by atoms with Gasteiger partial charge < -0.3 is 9.47 Å². The Bertz CT molecular complexity index is 114. The highest BCUT2D eigenvalue weighted by Gasteiger charge is 2.27. The van der Waals surface area contributed by atoms with Gasteiger partial charge in [0.2, 0.25) is 0 Å². The summed E-state index contributed by atoms with van der Waals surface area (Å²) < 4.78 is 10.6. The van der Waals surface area contributed by atoms with Crippen LogP contribution in [0.1, 0.15) is 26.2 Å². The van der Waals surface area contributed by atoms with Crippen molar-refractivity contribution in [3.05, 3.63) is 0 Å². The van der Waals surface area contributed by atoms with Crippen LogP contribution in [-0.4, -0.2) is 26.4 Å². The van der Waals surface area contributed by atoms with Gasteiger partial charge in [0.05, 0.1) is 12.2 Å². The average Bonchev–Trinajstić information content (AvgIpc) is 2.05. The van der Waals surface area contributed by atoms with E-state index in [1.807, 2.05) is 0 Å². The van der Waals surface area contributed by atoms with Crippen LogP contribution in [0.15, 0.2) is 0 Å². The molecule has 0 saturated heterocycles. The zero-order valence-corrected chi connectivity index (χ0v) is 7.67. The highest BCUT2D eigenvalue weighted by molar-refractivity contribution is 4.78. The van der Waals surface area contributed by atoms with E-state index in [0.717, 1.165) is 6.42 Å². The lowest BCUT2D eigenvalue weighted by Crippen LogP contribution is -2.32. The van der Waals surface area contributed by atoms with Crippen molar-refractivity contribution in [3.8, 4) is 0 Å². The maximum atomic E-state index is 5.36. The Labute approximate surface area is 68.9 Å². The van der Waals surface area contributed by atoms with Crippen molar-refractivity contribution >= 4 is 0 Å². The number of methoxy groups -OCH3 is 2. The van der Waals surface area contributed by atoms with Crippen molar-refractivity contribution < 1.29 is 9.47 Å². The van der Waals surface area contributed by atoms with Gasteiger partial charge >= 0.3 is 0 Å². The summed E-state index contributed by atoms with van der Waals surface area (Å²) in [6.07, 6.45) is 4.33. The van der Waals surface area contributed by atoms with Crippen molar-refractivity contribution in [2.45, 2.75) is 38.4 Å². The first-order chi connectivity index (χ1) is 5.27. The molecule has 3 atom stereocenters. The van der Waals surface area contributed by atoms with Gasteiger partial charge in [-0.1, -0.05) is 6.92 Å². The molecule has 0 spiro atoms. The number of ether oxygens (including phenoxy) is 2. The van der Waals surface area contributed by atoms with Crippen LogP contribution in [0.5, 0.6) is 0 Å². The van der Waals surface area contributed by atoms with Crippen molar-refractivity contribution in [2.24, 2.45) is 5.92 Å². The second-order valence-corrected chi connectivity index (χ2v) is 3.42. The van der Waals surface area contributed by atoms with Crippen molar-refractivity contribution in [2.75, 3.05) is 14.2 Å². The number of rotatable bonds is 2. The summed E-state index contributed by atoms with van der Waals surface area (Å²) in [5.74, 6) is 0.700. The molecule has 1 aliphatic rings. The summed E-state index contributed by atoms with van der Waals surface area (Å²) >= 11 is 0. The fourth-order valence-electron chi connectivity index (χ4n) is 1.79. The Balaban J connectivity index is 2.37. The predicted octanol–water partition coefficient (Wildman–Crippen LogP) is 1.84. The van der Waals surface area contributed by atoms with Crippen molar-refractivity contribution in [1.29, 1.82) is 0 Å². The lowest BCUT2D eigenvalue weighted by atomic mass is 9.86. The van der Waals surface area contributed by atoms with Gasteiger partial charge in [0.25, 0.3) is 0 Å². The molecule has 11 heavy (non-hydrogen) atoms. The topological polar surface area (TPSA) is 18.5 Å². The third kappa shape index (κ3) is 2.17. The minimum Gasteiger partial charge on any atom is -0.381 e. The Hall–Kier alpha value is -0.0800. The molecule has 0 aromatic rings. The largest absolute Gasteiger partial charge is 0.381 e. The zero-order chi connectivity index (χ0) is 8.27. The van der Waals surface area contributed by atoms with E-state index in [2.05, 4.69) is 6.92 Å². The summed E-state index contributed by atoms with van der Waals surface area (Å²) in [7, 11) is 3.58. The molecule has 0 aliphatic heterocycles. The Morgan fingerprint density at radius 1 is 1.09 bits per heavy atom. The molecule has 1 fully saturated rings. The maximum absolute atomic E-state index is 5.36. The maximum Gasteiger partial charge on any atom is 0.0621 e. The number of hydrogen-bond donors (Lipinski definition) is 0. The molecule has 66 valence electrons. The fraction of sp³-hybridized carbons (Fsp3) is 1.00. The first-order valence-corrected chi connectivity index (χ1v) is 4.33. The molecule has 0 aromatic heterocycles. The Kier molecular flexibility index (Phi) is 3.34. The highest BCUT2D eigenvalue weighted by atomic mass is 16.5. The lowest BCUT2D eigenvalue weighted by molar-refractivity contribution is -0.0362. The van der Waals surface area contributed by atoms with Crippen molar-refractivity contribution in [1.82, 2.24) is 0 Å². The number of hydrogen-bond acceptors (Lipinski definition) is 2. The van der Waals surface area contributed by atoms with Crippen molar-refractivity contribution in [3.63, 3.8) is 0 Å². The summed E-state index contributed by atoms with van der Waals surface area (Å²) in [6.45, 7) is 2.25. The van der Waals surface area contributed by atoms with E-state index < -0.39 is 0 Å². The van der Waals surface area contributed by atoms with Crippen LogP contribution >= 0.6 is 0 Å². The fourth-order valence-corrected chi connectivity index (χ4v) is 1.79. The minimum atomic E-state index is 0.411. The van der Waals surface area contributed by atoms with Gasteiger partial charge in [-0.25, -0.2) is 0 Å². The standard InChI is InChI=1S/C9H18O2/c1-7-4-5-8(10-2)6-9(7)11-3/h7-9H,4-6H2,1-3H3/t7-,8?,9?/m1/s1. The molecule has 2 heteroatoms. The van der Waals surface area contributed by atoms with Crippen LogP contribution in [0.25, 0.3) is 0 Å². The van der Waals surface area contributed by atoms with Gasteiger partial charge in [0.15, 0.2) is 0 Å². The smallest absolute Gasteiger partial charge is 0.0621 e. The van der Waals surface area contributed by atoms with E-state index in [1.54, 1.807) is 14.2 Å². The molecular formula is C9H18O2. The summed E-state index contributed by atoms with van der Waals surface area (Å²) in [4.78, 5) is 0. The van der Waals surface area contributed by atoms with E-state index in [-0.39, 0.29) is 0 Å². The average molecular weight is 158 g/mol. The molecule has 0 bridgehead atoms. The van der Waals surface area contributed by atoms with Gasteiger partial charge in [0, 0.05) is 14.2 Å². The molecule has 0 amide bonds. The molecule has 1 saturated carbocycles. The molecular weight excluding hydrogens is 140 g/mol. The summed E-state index contributed by atoms with van der Waals surface area (Å²) in [6, 6.07) is 0. The first kappa shape index (κ1) is 9.01. The Morgan fingerprint density at radius 3 is 2.36 bits per heavy atom. The molecule has 0 N–H and O–H groups in total. The third-order valence-electron chi connectivity index (χ3n) is 2.71. The molecule has 1 rings (SSSR count). The van der Waals surface area contributed by atoms with Gasteiger partial charge in [-0.3, -0.25) is 0 Å². The zero-order valence-electron chi connectivity index (χ0n) is 7.67. The molecule has 2 unspecified atom stereocenters. The van der Waals surface area contributed by atoms with Crippen LogP contribution in [0.2, 0.25) is 0 Å². The van der Waals surface area contributed by atoms with E-state index in [4.69, 9.17) is 9.47 Å². The summed E-state index contributed by atoms with van der Waals surface area (Å²) in [5.41, 5.74) is 0. The van der Waals surface area contributed by atoms with Gasteiger partial charge in [0.1, 0.15) is 0 Å². The van der Waals surface area contributed by atoms with E-state index in [0.29, 0.717) is 18.1 Å². The van der Waals surface area contributed by atoms with Crippen LogP contribution < -0.4 is 0 Å². The van der Waals surface area contributed by atoms with Gasteiger partial charge in [-0.2, -0.15) is 0 Å². The lowest BCUT2D eigenvalue weighted by Gasteiger charge is -2.32. The van der Waals surface area contributed by atoms with Crippen LogP contribution in [0, 0.1) is 5.92 Å². The van der Waals surface area contributed by atoms with E-state index in [9.17, 15) is 0 Å². The third-order valence-corrected chi connectivity index (χ3v) is 2.71. The molecule has 0 heterocycles. The van der Waals surface area contributed by atoms with Crippen LogP contribution in [0.3, 0.4) is 0 Å². The summed E-state index contributed by atoms with van der Waals surface area (Å²) in [5, 5.41) is 0. The second kappa shape index (κ2) is 4.07. The van der Waals surface area contributed by atoms with E-state index >= 15 is 0 Å². The molecule has 2 nitrogen and oxygen atoms in total. The quantitative estimate of drug-likeness (QED) is 0.610. The molecule has 0 radical (unpaired) electrons. The highest BCUT2D eigenvalue weighted by Crippen LogP contribution is 2.27. The predicted molar refractivity (Wildman–Crippen MR) is 44.6 cm³/mol. The second-order valence-electron chi connectivity index (χ2n) is 3.42. The van der Waals surface area contributed by atoms with Gasteiger partial charge in [-0.05, 0) is 25.2 Å². The molecule has 1 aliphatic carbocycles. The van der Waals surface area contributed by atoms with Crippen LogP contribution in [-0.2, 0) is 9.47 Å². The molecule has 0 aromatic carbocycles. The van der Waals surface area contributed by atoms with E-state index in [1.165, 1.54) is 12.8 Å².